The number of rotatable bonds is 7. The number of nitrogens with zero attached hydrogens (tertiary/aromatic N) is 4. The van der Waals surface area contributed by atoms with Crippen LogP contribution in [0.15, 0.2) is 316 Å². The second-order valence-corrected chi connectivity index (χ2v) is 26.4. The van der Waals surface area contributed by atoms with Crippen molar-refractivity contribution >= 4 is 152 Å². The van der Waals surface area contributed by atoms with Gasteiger partial charge in [-0.1, -0.05) is 285 Å². The van der Waals surface area contributed by atoms with Gasteiger partial charge in [0.25, 0.3) is 0 Å². The van der Waals surface area contributed by atoms with Gasteiger partial charge in [0, 0.05) is 78.0 Å². The van der Waals surface area contributed by atoms with Crippen molar-refractivity contribution in [1.29, 1.82) is 0 Å². The van der Waals surface area contributed by atoms with E-state index in [-0.39, 0.29) is 0 Å². The Hall–Kier alpha value is -11.3. The van der Waals surface area contributed by atoms with Gasteiger partial charge >= 0.3 is 7.12 Å². The predicted octanol–water partition coefficient (Wildman–Crippen LogP) is 22.6. The van der Waals surface area contributed by atoms with Crippen molar-refractivity contribution in [3.8, 4) is 67.0 Å². The van der Waals surface area contributed by atoms with Crippen LogP contribution in [0.4, 0.5) is 0 Å². The highest BCUT2D eigenvalue weighted by Gasteiger charge is 2.17. The fourth-order valence-corrected chi connectivity index (χ4v) is 16.1. The Balaban J connectivity index is 0.000000115. The third-order valence-corrected chi connectivity index (χ3v) is 20.9. The number of thiophene rings is 2. The number of halogens is 1. The molecule has 0 saturated carbocycles. The van der Waals surface area contributed by atoms with Crippen molar-refractivity contribution in [3.63, 3.8) is 0 Å². The van der Waals surface area contributed by atoms with Gasteiger partial charge in [0.1, 0.15) is 0 Å². The Morgan fingerprint density at radius 3 is 1.05 bits per heavy atom. The van der Waals surface area contributed by atoms with Crippen LogP contribution in [-0.2, 0) is 0 Å². The highest BCUT2D eigenvalue weighted by atomic mass is 35.5. The molecule has 452 valence electrons. The van der Waals surface area contributed by atoms with E-state index >= 15 is 0 Å². The minimum absolute atomic E-state index is 0.497. The third kappa shape index (κ3) is 10.8. The molecule has 96 heavy (non-hydrogen) atoms. The molecule has 4 aromatic heterocycles. The topological polar surface area (TPSA) is 92.0 Å². The minimum atomic E-state index is -1.43. The zero-order chi connectivity index (χ0) is 64.2. The zero-order valence-electron chi connectivity index (χ0n) is 51.5. The van der Waals surface area contributed by atoms with Crippen LogP contribution in [0.25, 0.3) is 173 Å². The van der Waals surface area contributed by atoms with Crippen molar-refractivity contribution in [2.75, 3.05) is 0 Å². The van der Waals surface area contributed by atoms with Crippen LogP contribution >= 0.6 is 34.3 Å². The standard InChI is InChI=1S/C40H24N2S.C24H17BO2S.C22H13ClN2/c1-3-14-33-30(11-1)31-12-2-4-15-34(31)39-38(33)41-24-36(42-39)28-10-7-9-27(23-28)25-19-21-26(22-20-25)29-16-8-17-35-32-13-5-6-18-37(32)43-40(29)35;26-25(27)19-14-12-17(13-15-19)16-8-10-18(11-9-16)20-5-3-6-22-21-4-1-2-7-23(21)28-24(20)22;23-15-11-9-14(10-12-15)20-13-24-21-18-7-3-1-5-16(18)17-6-2-4-8-19(17)22(21)25-20/h1-24H;1-15,26-27H;1-13H. The Morgan fingerprint density at radius 2 is 0.604 bits per heavy atom. The maximum absolute atomic E-state index is 9.24. The van der Waals surface area contributed by atoms with Gasteiger partial charge in [0.2, 0.25) is 0 Å². The average molecular weight is 1290 g/mol. The number of hydrogen-bond donors (Lipinski definition) is 2. The molecule has 10 heteroatoms. The molecule has 4 heterocycles. The Kier molecular flexibility index (Phi) is 15.2. The molecule has 6 nitrogen and oxygen atoms in total. The van der Waals surface area contributed by atoms with Gasteiger partial charge in [0.05, 0.1) is 45.8 Å². The first-order chi connectivity index (χ1) is 47.3. The van der Waals surface area contributed by atoms with Crippen LogP contribution < -0.4 is 5.46 Å². The van der Waals surface area contributed by atoms with E-state index in [9.17, 15) is 10.0 Å². The van der Waals surface area contributed by atoms with Crippen LogP contribution in [0.2, 0.25) is 5.02 Å². The second-order valence-electron chi connectivity index (χ2n) is 23.9. The van der Waals surface area contributed by atoms with Gasteiger partial charge in [-0.05, 0) is 102 Å². The SMILES string of the molecule is Clc1ccc(-c2cnc3c4ccccc4c4ccccc4c3n2)cc1.OB(O)c1ccc(-c2ccc(-c3cccc4c3sc3ccccc34)cc2)cc1.c1cc(-c2ccc(-c3cccc4c3sc3ccccc34)cc2)cc(-c2cnc3c4ccccc4c4ccccc4c3n2)c1. The molecule has 0 fully saturated rings. The average Bonchev–Trinajstić information content (AvgIpc) is 1.03. The lowest BCUT2D eigenvalue weighted by molar-refractivity contribution is 0.426. The highest BCUT2D eigenvalue weighted by molar-refractivity contribution is 7.26. The summed E-state index contributed by atoms with van der Waals surface area (Å²) in [6.07, 6.45) is 3.75. The van der Waals surface area contributed by atoms with Crippen molar-refractivity contribution < 1.29 is 10.0 Å². The Morgan fingerprint density at radius 1 is 0.271 bits per heavy atom. The fraction of sp³-hybridized carbons (Fsp3) is 0. The number of hydrogen-bond acceptors (Lipinski definition) is 8. The van der Waals surface area contributed by atoms with Crippen LogP contribution in [0.1, 0.15) is 0 Å². The molecule has 0 unspecified atom stereocenters. The van der Waals surface area contributed by atoms with E-state index in [4.69, 9.17) is 31.5 Å². The van der Waals surface area contributed by atoms with Crippen LogP contribution in [0.3, 0.4) is 0 Å². The van der Waals surface area contributed by atoms with E-state index in [1.165, 1.54) is 89.7 Å². The molecule has 0 aliphatic carbocycles. The molecule has 0 amide bonds. The summed E-state index contributed by atoms with van der Waals surface area (Å²) in [5.41, 5.74) is 17.5. The smallest absolute Gasteiger partial charge is 0.423 e. The normalized spacial score (nSPS) is 11.5. The van der Waals surface area contributed by atoms with Crippen molar-refractivity contribution in [2.45, 2.75) is 0 Å². The van der Waals surface area contributed by atoms with Crippen molar-refractivity contribution in [1.82, 2.24) is 19.9 Å². The largest absolute Gasteiger partial charge is 0.488 e. The molecular weight excluding hydrogens is 1230 g/mol. The fourth-order valence-electron chi connectivity index (χ4n) is 13.5. The highest BCUT2D eigenvalue weighted by Crippen LogP contribution is 2.43. The van der Waals surface area contributed by atoms with Gasteiger partial charge in [-0.15, -0.1) is 22.7 Å². The first-order valence-corrected chi connectivity index (χ1v) is 33.8. The summed E-state index contributed by atoms with van der Waals surface area (Å²) >= 11 is 9.71. The summed E-state index contributed by atoms with van der Waals surface area (Å²) in [5.74, 6) is 0. The first kappa shape index (κ1) is 58.5. The van der Waals surface area contributed by atoms with Gasteiger partial charge in [0.15, 0.2) is 0 Å². The Bertz CT molecular complexity index is 6130. The molecule has 19 rings (SSSR count). The van der Waals surface area contributed by atoms with Crippen LogP contribution in [0, 0.1) is 0 Å². The van der Waals surface area contributed by atoms with E-state index in [2.05, 4.69) is 243 Å². The summed E-state index contributed by atoms with van der Waals surface area (Å²) in [6.45, 7) is 0. The molecule has 15 aromatic carbocycles. The predicted molar refractivity (Wildman–Crippen MR) is 409 cm³/mol. The molecule has 19 aromatic rings. The number of fused-ring (bicyclic) bond motifs is 18. The van der Waals surface area contributed by atoms with E-state index in [1.54, 1.807) is 12.1 Å². The van der Waals surface area contributed by atoms with Gasteiger partial charge < -0.3 is 10.0 Å². The van der Waals surface area contributed by atoms with E-state index in [0.29, 0.717) is 10.5 Å². The van der Waals surface area contributed by atoms with Crippen molar-refractivity contribution in [3.05, 3.63) is 321 Å². The molecule has 0 radical (unpaired) electrons. The minimum Gasteiger partial charge on any atom is -0.423 e. The lowest BCUT2D eigenvalue weighted by Gasteiger charge is -2.11. The number of aromatic nitrogens is 4. The van der Waals surface area contributed by atoms with Crippen LogP contribution in [0.5, 0.6) is 0 Å². The van der Waals surface area contributed by atoms with E-state index in [1.807, 2.05) is 83.6 Å². The molecule has 0 atom stereocenters. The molecule has 2 N–H and O–H groups in total. The van der Waals surface area contributed by atoms with Gasteiger partial charge in [-0.25, -0.2) is 9.97 Å². The lowest BCUT2D eigenvalue weighted by atomic mass is 9.80. The first-order valence-electron chi connectivity index (χ1n) is 31.8. The lowest BCUT2D eigenvalue weighted by Crippen LogP contribution is -2.29. The monoisotopic (exact) mass is 1280 g/mol. The van der Waals surface area contributed by atoms with Crippen molar-refractivity contribution in [2.24, 2.45) is 0 Å². The molecule has 0 aliphatic heterocycles. The van der Waals surface area contributed by atoms with Gasteiger partial charge in [-0.3, -0.25) is 9.97 Å². The van der Waals surface area contributed by atoms with E-state index < -0.39 is 7.12 Å². The summed E-state index contributed by atoms with van der Waals surface area (Å²) in [6, 6.07) is 105. The third-order valence-electron chi connectivity index (χ3n) is 18.2. The molecule has 0 saturated heterocycles. The summed E-state index contributed by atoms with van der Waals surface area (Å²) < 4.78 is 5.30. The molecule has 0 spiro atoms. The summed E-state index contributed by atoms with van der Waals surface area (Å²) in [4.78, 5) is 19.9. The van der Waals surface area contributed by atoms with Crippen LogP contribution in [-0.4, -0.2) is 37.1 Å². The zero-order valence-corrected chi connectivity index (χ0v) is 53.9. The molecule has 0 aliphatic rings. The second kappa shape index (κ2) is 24.9. The van der Waals surface area contributed by atoms with E-state index in [0.717, 1.165) is 82.8 Å². The maximum Gasteiger partial charge on any atom is 0.488 e. The quantitative estimate of drug-likeness (QED) is 0.122. The molecule has 0 bridgehead atoms. The van der Waals surface area contributed by atoms with Gasteiger partial charge in [-0.2, -0.15) is 0 Å². The summed E-state index contributed by atoms with van der Waals surface area (Å²) in [7, 11) is -1.43. The summed E-state index contributed by atoms with van der Waals surface area (Å²) in [5, 5.41) is 33.8. The maximum atomic E-state index is 9.24. The molecular formula is C86H54BClN4O2S2. The number of benzene rings is 15. The Labute approximate surface area is 566 Å².